The van der Waals surface area contributed by atoms with Crippen molar-refractivity contribution >= 4 is 6.09 Å². The van der Waals surface area contributed by atoms with E-state index in [0.29, 0.717) is 6.04 Å². The van der Waals surface area contributed by atoms with Gasteiger partial charge in [0.15, 0.2) is 0 Å². The Morgan fingerprint density at radius 3 is 2.10 bits per heavy atom. The molecule has 1 aliphatic heterocycles. The molecule has 4 heteroatoms. The topological polar surface area (TPSA) is 41.6 Å². The minimum absolute atomic E-state index is 0.120. The molecule has 0 aliphatic carbocycles. The van der Waals surface area contributed by atoms with Crippen molar-refractivity contribution < 1.29 is 9.53 Å². The van der Waals surface area contributed by atoms with Crippen LogP contribution in [0.25, 0.3) is 0 Å². The van der Waals surface area contributed by atoms with Crippen molar-refractivity contribution in [3.05, 3.63) is 71.8 Å². The van der Waals surface area contributed by atoms with Crippen molar-refractivity contribution in [2.45, 2.75) is 83.6 Å². The number of ether oxygens (including phenoxy) is 1. The fourth-order valence-corrected chi connectivity index (χ4v) is 4.35. The molecule has 1 fully saturated rings. The molecular weight excluding hydrogens is 372 g/mol. The van der Waals surface area contributed by atoms with Crippen molar-refractivity contribution in [1.82, 2.24) is 10.2 Å². The molecule has 1 saturated heterocycles. The van der Waals surface area contributed by atoms with Crippen molar-refractivity contribution in [3.63, 3.8) is 0 Å². The molecule has 2 aromatic carbocycles. The first-order valence-corrected chi connectivity index (χ1v) is 11.2. The van der Waals surface area contributed by atoms with Crippen LogP contribution in [0.4, 0.5) is 4.79 Å². The van der Waals surface area contributed by atoms with Crippen LogP contribution in [0.5, 0.6) is 0 Å². The first-order valence-electron chi connectivity index (χ1n) is 11.2. The van der Waals surface area contributed by atoms with Gasteiger partial charge in [0.1, 0.15) is 5.60 Å². The van der Waals surface area contributed by atoms with Gasteiger partial charge in [0.25, 0.3) is 0 Å². The maximum Gasteiger partial charge on any atom is 0.410 e. The Balaban J connectivity index is 1.77. The number of hydrogen-bond acceptors (Lipinski definition) is 3. The van der Waals surface area contributed by atoms with E-state index >= 15 is 0 Å². The van der Waals surface area contributed by atoms with Crippen molar-refractivity contribution in [1.29, 1.82) is 0 Å². The highest BCUT2D eigenvalue weighted by Crippen LogP contribution is 2.30. The van der Waals surface area contributed by atoms with Gasteiger partial charge in [0, 0.05) is 24.7 Å². The number of nitrogens with zero attached hydrogens (tertiary/aromatic N) is 1. The summed E-state index contributed by atoms with van der Waals surface area (Å²) < 4.78 is 5.81. The van der Waals surface area contributed by atoms with Gasteiger partial charge in [0.05, 0.1) is 0 Å². The maximum absolute atomic E-state index is 13.2. The smallest absolute Gasteiger partial charge is 0.410 e. The Kier molecular flexibility index (Phi) is 7.54. The van der Waals surface area contributed by atoms with Gasteiger partial charge in [-0.15, -0.1) is 0 Å². The predicted molar refractivity (Wildman–Crippen MR) is 122 cm³/mol. The van der Waals surface area contributed by atoms with Gasteiger partial charge in [-0.25, -0.2) is 4.79 Å². The number of nitrogens with one attached hydrogen (secondary N) is 1. The van der Waals surface area contributed by atoms with Crippen LogP contribution < -0.4 is 5.32 Å². The fraction of sp³-hybridized carbons (Fsp3) is 0.500. The van der Waals surface area contributed by atoms with Crippen LogP contribution in [0.1, 0.15) is 58.1 Å². The summed E-state index contributed by atoms with van der Waals surface area (Å²) in [6.07, 6.45) is 3.47. The molecule has 1 heterocycles. The van der Waals surface area contributed by atoms with E-state index in [2.05, 4.69) is 60.8 Å². The minimum Gasteiger partial charge on any atom is -0.444 e. The van der Waals surface area contributed by atoms with Gasteiger partial charge in [-0.3, -0.25) is 0 Å². The summed E-state index contributed by atoms with van der Waals surface area (Å²) in [6, 6.07) is 21.7. The van der Waals surface area contributed by atoms with Gasteiger partial charge in [-0.05, 0) is 57.6 Å². The van der Waals surface area contributed by atoms with Gasteiger partial charge in [-0.2, -0.15) is 0 Å². The number of hydrogen-bond donors (Lipinski definition) is 1. The summed E-state index contributed by atoms with van der Waals surface area (Å²) in [7, 11) is 0. The summed E-state index contributed by atoms with van der Waals surface area (Å²) in [5.41, 5.74) is 2.06. The molecule has 3 atom stereocenters. The van der Waals surface area contributed by atoms with E-state index in [0.717, 1.165) is 32.2 Å². The summed E-state index contributed by atoms with van der Waals surface area (Å²) in [5.74, 6) is 0. The molecule has 0 spiro atoms. The average Bonchev–Trinajstić information content (AvgIpc) is 2.72. The summed E-state index contributed by atoms with van der Waals surface area (Å²) in [6.45, 7) is 8.83. The Hall–Kier alpha value is -2.33. The zero-order valence-electron chi connectivity index (χ0n) is 18.8. The molecular formula is C26H36N2O2. The molecule has 1 N–H and O–H groups in total. The van der Waals surface area contributed by atoms with Gasteiger partial charge in [0.2, 0.25) is 0 Å². The maximum atomic E-state index is 13.2. The Bertz CT molecular complexity index is 786. The molecule has 0 bridgehead atoms. The highest BCUT2D eigenvalue weighted by Gasteiger charge is 2.39. The first kappa shape index (κ1) is 22.4. The standard InChI is InChI=1S/C26H36N2O2/c1-5-23-17-22(27-19-21-14-10-7-11-15-21)18-24(16-20-12-8-6-9-13-20)28(23)25(29)30-26(2,3)4/h6-15,22-24,27H,5,16-19H2,1-4H3. The van der Waals surface area contributed by atoms with Crippen LogP contribution in [0.2, 0.25) is 0 Å². The molecule has 3 rings (SSSR count). The van der Waals surface area contributed by atoms with Crippen LogP contribution in [0.3, 0.4) is 0 Å². The summed E-state index contributed by atoms with van der Waals surface area (Å²) in [4.78, 5) is 15.2. The van der Waals surface area contributed by atoms with E-state index in [1.54, 1.807) is 0 Å². The lowest BCUT2D eigenvalue weighted by Crippen LogP contribution is -2.57. The zero-order chi connectivity index (χ0) is 21.6. The minimum atomic E-state index is -0.491. The van der Waals surface area contributed by atoms with Gasteiger partial charge < -0.3 is 15.0 Å². The van der Waals surface area contributed by atoms with Crippen molar-refractivity contribution in [3.8, 4) is 0 Å². The second-order valence-electron chi connectivity index (χ2n) is 9.33. The highest BCUT2D eigenvalue weighted by atomic mass is 16.6. The average molecular weight is 409 g/mol. The molecule has 2 aromatic rings. The summed E-state index contributed by atoms with van der Waals surface area (Å²) in [5, 5.41) is 3.75. The van der Waals surface area contributed by atoms with Gasteiger partial charge >= 0.3 is 6.09 Å². The van der Waals surface area contributed by atoms with Crippen LogP contribution in [0.15, 0.2) is 60.7 Å². The molecule has 1 aliphatic rings. The van der Waals surface area contributed by atoms with E-state index in [1.165, 1.54) is 11.1 Å². The second-order valence-corrected chi connectivity index (χ2v) is 9.33. The number of rotatable bonds is 6. The highest BCUT2D eigenvalue weighted by molar-refractivity contribution is 5.69. The Morgan fingerprint density at radius 2 is 1.53 bits per heavy atom. The molecule has 1 amide bonds. The van der Waals surface area contributed by atoms with E-state index in [9.17, 15) is 4.79 Å². The molecule has 0 saturated carbocycles. The van der Waals surface area contributed by atoms with Crippen molar-refractivity contribution in [2.75, 3.05) is 0 Å². The second kappa shape index (κ2) is 10.1. The third-order valence-electron chi connectivity index (χ3n) is 5.73. The number of benzene rings is 2. The lowest BCUT2D eigenvalue weighted by molar-refractivity contribution is -0.0105. The number of carbonyl (C=O) groups excluding carboxylic acids is 1. The Labute approximate surface area is 181 Å². The van der Waals surface area contributed by atoms with Crippen LogP contribution >= 0.6 is 0 Å². The summed E-state index contributed by atoms with van der Waals surface area (Å²) >= 11 is 0. The predicted octanol–water partition coefficient (Wildman–Crippen LogP) is 5.57. The van der Waals surface area contributed by atoms with E-state index < -0.39 is 5.60 Å². The zero-order valence-corrected chi connectivity index (χ0v) is 18.8. The first-order chi connectivity index (χ1) is 14.4. The van der Waals surface area contributed by atoms with E-state index in [4.69, 9.17) is 4.74 Å². The van der Waals surface area contributed by atoms with E-state index in [1.807, 2.05) is 37.8 Å². The number of amides is 1. The van der Waals surface area contributed by atoms with E-state index in [-0.39, 0.29) is 18.2 Å². The molecule has 162 valence electrons. The van der Waals surface area contributed by atoms with Crippen molar-refractivity contribution in [2.24, 2.45) is 0 Å². The lowest BCUT2D eigenvalue weighted by Gasteiger charge is -2.45. The van der Waals surface area contributed by atoms with Crippen LogP contribution in [-0.2, 0) is 17.7 Å². The molecule has 3 unspecified atom stereocenters. The monoisotopic (exact) mass is 408 g/mol. The Morgan fingerprint density at radius 1 is 0.967 bits per heavy atom. The lowest BCUT2D eigenvalue weighted by atomic mass is 9.87. The fourth-order valence-electron chi connectivity index (χ4n) is 4.35. The molecule has 0 aromatic heterocycles. The third kappa shape index (κ3) is 6.33. The molecule has 30 heavy (non-hydrogen) atoms. The largest absolute Gasteiger partial charge is 0.444 e. The van der Waals surface area contributed by atoms with Crippen LogP contribution in [0, 0.1) is 0 Å². The molecule has 4 nitrogen and oxygen atoms in total. The quantitative estimate of drug-likeness (QED) is 0.680. The SMILES string of the molecule is CCC1CC(NCc2ccccc2)CC(Cc2ccccc2)N1C(=O)OC(C)(C)C. The number of carbonyl (C=O) groups is 1. The number of likely N-dealkylation sites (tertiary alicyclic amines) is 1. The normalized spacial score (nSPS) is 22.0. The van der Waals surface area contributed by atoms with Gasteiger partial charge in [-0.1, -0.05) is 67.6 Å². The number of piperidine rings is 1. The third-order valence-corrected chi connectivity index (χ3v) is 5.73. The van der Waals surface area contributed by atoms with Crippen LogP contribution in [-0.4, -0.2) is 34.7 Å². The molecule has 0 radical (unpaired) electrons.